The van der Waals surface area contributed by atoms with Gasteiger partial charge in [-0.25, -0.2) is 9.97 Å². The molecular formula is C19H20N4S. The SMILES string of the molecule is c1ccc(CN(c2ncnc3sc4c(c23)CCCC4)C2CC2)nc1. The molecule has 122 valence electrons. The number of hydrogen-bond acceptors (Lipinski definition) is 5. The molecule has 4 nitrogen and oxygen atoms in total. The Balaban J connectivity index is 1.62. The van der Waals surface area contributed by atoms with Crippen molar-refractivity contribution in [1.29, 1.82) is 0 Å². The Morgan fingerprint density at radius 1 is 1.08 bits per heavy atom. The maximum Gasteiger partial charge on any atom is 0.141 e. The van der Waals surface area contributed by atoms with E-state index in [1.54, 1.807) is 6.33 Å². The van der Waals surface area contributed by atoms with Gasteiger partial charge in [0.1, 0.15) is 17.0 Å². The molecule has 3 aromatic rings. The van der Waals surface area contributed by atoms with Gasteiger partial charge in [0.25, 0.3) is 0 Å². The van der Waals surface area contributed by atoms with Crippen LogP contribution in [0.2, 0.25) is 0 Å². The standard InChI is InChI=1S/C19H20N4S/c1-2-7-16-15(6-1)17-18(21-12-22-19(17)24-16)23(14-8-9-14)11-13-5-3-4-10-20-13/h3-5,10,12,14H,1-2,6-9,11H2. The van der Waals surface area contributed by atoms with Crippen LogP contribution in [-0.2, 0) is 19.4 Å². The quantitative estimate of drug-likeness (QED) is 0.718. The van der Waals surface area contributed by atoms with Gasteiger partial charge in [-0.1, -0.05) is 6.07 Å². The molecule has 2 aliphatic carbocycles. The summed E-state index contributed by atoms with van der Waals surface area (Å²) in [6, 6.07) is 6.75. The van der Waals surface area contributed by atoms with Gasteiger partial charge in [0.2, 0.25) is 0 Å². The summed E-state index contributed by atoms with van der Waals surface area (Å²) < 4.78 is 0. The van der Waals surface area contributed by atoms with Gasteiger partial charge in [-0.2, -0.15) is 0 Å². The fraction of sp³-hybridized carbons (Fsp3) is 0.421. The van der Waals surface area contributed by atoms with Gasteiger partial charge in [0, 0.05) is 17.1 Å². The van der Waals surface area contributed by atoms with Crippen LogP contribution in [0.1, 0.15) is 41.8 Å². The van der Waals surface area contributed by atoms with Crippen molar-refractivity contribution in [3.05, 3.63) is 46.9 Å². The largest absolute Gasteiger partial charge is 0.347 e. The molecule has 3 heterocycles. The van der Waals surface area contributed by atoms with Crippen LogP contribution in [0.5, 0.6) is 0 Å². The third-order valence-corrected chi connectivity index (χ3v) is 6.25. The number of thiophene rings is 1. The summed E-state index contributed by atoms with van der Waals surface area (Å²) in [5.41, 5.74) is 2.63. The Labute approximate surface area is 145 Å². The lowest BCUT2D eigenvalue weighted by Crippen LogP contribution is -2.27. The Morgan fingerprint density at radius 2 is 2.00 bits per heavy atom. The van der Waals surface area contributed by atoms with Crippen LogP contribution in [0, 0.1) is 0 Å². The van der Waals surface area contributed by atoms with Gasteiger partial charge in [0.05, 0.1) is 17.6 Å². The maximum atomic E-state index is 4.74. The van der Waals surface area contributed by atoms with Gasteiger partial charge in [0.15, 0.2) is 0 Å². The Bertz CT molecular complexity index is 870. The molecule has 0 spiro atoms. The molecule has 5 heteroatoms. The number of aryl methyl sites for hydroxylation is 2. The van der Waals surface area contributed by atoms with Crippen LogP contribution in [0.4, 0.5) is 5.82 Å². The van der Waals surface area contributed by atoms with E-state index < -0.39 is 0 Å². The average molecular weight is 336 g/mol. The van der Waals surface area contributed by atoms with Crippen molar-refractivity contribution < 1.29 is 0 Å². The van der Waals surface area contributed by atoms with E-state index >= 15 is 0 Å². The Hall–Kier alpha value is -2.01. The topological polar surface area (TPSA) is 41.9 Å². The van der Waals surface area contributed by atoms with Crippen LogP contribution >= 0.6 is 11.3 Å². The number of aromatic nitrogens is 3. The van der Waals surface area contributed by atoms with Crippen molar-refractivity contribution in [2.24, 2.45) is 0 Å². The lowest BCUT2D eigenvalue weighted by Gasteiger charge is -2.24. The van der Waals surface area contributed by atoms with Crippen molar-refractivity contribution in [3.63, 3.8) is 0 Å². The highest BCUT2D eigenvalue weighted by molar-refractivity contribution is 7.19. The van der Waals surface area contributed by atoms with Crippen LogP contribution in [0.3, 0.4) is 0 Å². The first-order valence-electron chi connectivity index (χ1n) is 8.82. The zero-order chi connectivity index (χ0) is 15.9. The summed E-state index contributed by atoms with van der Waals surface area (Å²) in [5, 5.41) is 1.32. The number of anilines is 1. The van der Waals surface area contributed by atoms with Gasteiger partial charge in [-0.15, -0.1) is 11.3 Å². The van der Waals surface area contributed by atoms with Crippen molar-refractivity contribution in [1.82, 2.24) is 15.0 Å². The second-order valence-corrected chi connectivity index (χ2v) is 7.85. The van der Waals surface area contributed by atoms with Gasteiger partial charge < -0.3 is 4.90 Å². The van der Waals surface area contributed by atoms with Gasteiger partial charge in [-0.3, -0.25) is 4.98 Å². The molecule has 5 rings (SSSR count). The third-order valence-electron chi connectivity index (χ3n) is 5.05. The molecule has 2 aliphatic rings. The van der Waals surface area contributed by atoms with E-state index in [2.05, 4.69) is 27.0 Å². The Kier molecular flexibility index (Phi) is 3.47. The van der Waals surface area contributed by atoms with E-state index in [4.69, 9.17) is 4.98 Å². The first-order chi connectivity index (χ1) is 11.9. The highest BCUT2D eigenvalue weighted by atomic mass is 32.1. The summed E-state index contributed by atoms with van der Waals surface area (Å²) in [6.45, 7) is 0.836. The second kappa shape index (κ2) is 5.81. The van der Waals surface area contributed by atoms with E-state index in [0.717, 1.165) is 18.1 Å². The minimum absolute atomic E-state index is 0.601. The lowest BCUT2D eigenvalue weighted by molar-refractivity contribution is 0.699. The van der Waals surface area contributed by atoms with E-state index in [0.29, 0.717) is 6.04 Å². The predicted molar refractivity (Wildman–Crippen MR) is 97.5 cm³/mol. The van der Waals surface area contributed by atoms with Crippen LogP contribution in [0.15, 0.2) is 30.7 Å². The minimum atomic E-state index is 0.601. The molecule has 3 aromatic heterocycles. The molecule has 0 bridgehead atoms. The summed E-state index contributed by atoms with van der Waals surface area (Å²) in [7, 11) is 0. The summed E-state index contributed by atoms with van der Waals surface area (Å²) in [5.74, 6) is 1.13. The van der Waals surface area contributed by atoms with Crippen molar-refractivity contribution >= 4 is 27.4 Å². The number of pyridine rings is 1. The number of fused-ring (bicyclic) bond motifs is 3. The van der Waals surface area contributed by atoms with Gasteiger partial charge in [-0.05, 0) is 56.2 Å². The summed E-state index contributed by atoms with van der Waals surface area (Å²) >= 11 is 1.88. The normalized spacial score (nSPS) is 17.0. The zero-order valence-corrected chi connectivity index (χ0v) is 14.4. The molecule has 0 N–H and O–H groups in total. The third kappa shape index (κ3) is 2.47. The van der Waals surface area contributed by atoms with E-state index in [1.165, 1.54) is 59.2 Å². The molecule has 24 heavy (non-hydrogen) atoms. The fourth-order valence-corrected chi connectivity index (χ4v) is 4.94. The van der Waals surface area contributed by atoms with Gasteiger partial charge >= 0.3 is 0 Å². The highest BCUT2D eigenvalue weighted by Crippen LogP contribution is 2.42. The molecule has 0 amide bonds. The lowest BCUT2D eigenvalue weighted by atomic mass is 9.97. The van der Waals surface area contributed by atoms with E-state index in [-0.39, 0.29) is 0 Å². The minimum Gasteiger partial charge on any atom is -0.347 e. The monoisotopic (exact) mass is 336 g/mol. The van der Waals surface area contributed by atoms with Crippen molar-refractivity contribution in [2.45, 2.75) is 51.1 Å². The Morgan fingerprint density at radius 3 is 2.83 bits per heavy atom. The van der Waals surface area contributed by atoms with Crippen molar-refractivity contribution in [2.75, 3.05) is 4.90 Å². The summed E-state index contributed by atoms with van der Waals surface area (Å²) in [4.78, 5) is 19.0. The first kappa shape index (κ1) is 14.3. The zero-order valence-electron chi connectivity index (χ0n) is 13.6. The second-order valence-electron chi connectivity index (χ2n) is 6.77. The summed E-state index contributed by atoms with van der Waals surface area (Å²) in [6.07, 6.45) is 11.1. The van der Waals surface area contributed by atoms with Crippen LogP contribution in [-0.4, -0.2) is 21.0 Å². The number of hydrogen-bond donors (Lipinski definition) is 0. The first-order valence-corrected chi connectivity index (χ1v) is 9.63. The number of nitrogens with zero attached hydrogens (tertiary/aromatic N) is 4. The molecule has 0 aromatic carbocycles. The molecule has 0 radical (unpaired) electrons. The molecule has 0 aliphatic heterocycles. The average Bonchev–Trinajstić information content (AvgIpc) is 3.40. The van der Waals surface area contributed by atoms with Crippen LogP contribution in [0.25, 0.3) is 10.2 Å². The molecule has 1 fully saturated rings. The molecular weight excluding hydrogens is 316 g/mol. The smallest absolute Gasteiger partial charge is 0.141 e. The fourth-order valence-electron chi connectivity index (χ4n) is 3.72. The molecule has 0 unspecified atom stereocenters. The van der Waals surface area contributed by atoms with E-state index in [9.17, 15) is 0 Å². The van der Waals surface area contributed by atoms with Crippen molar-refractivity contribution in [3.8, 4) is 0 Å². The highest BCUT2D eigenvalue weighted by Gasteiger charge is 2.33. The maximum absolute atomic E-state index is 4.74. The van der Waals surface area contributed by atoms with E-state index in [1.807, 2.05) is 23.6 Å². The molecule has 1 saturated carbocycles. The molecule has 0 atom stereocenters. The molecule has 0 saturated heterocycles. The predicted octanol–water partition coefficient (Wildman–Crippen LogP) is 4.13. The van der Waals surface area contributed by atoms with Crippen LogP contribution < -0.4 is 4.90 Å². The number of rotatable bonds is 4.